The Morgan fingerprint density at radius 2 is 1.62 bits per heavy atom. The fraction of sp³-hybridized carbons (Fsp3) is 0.367. The van der Waals surface area contributed by atoms with Gasteiger partial charge in [-0.05, 0) is 66.7 Å². The maximum Gasteiger partial charge on any atom is 0.146 e. The van der Waals surface area contributed by atoms with Crippen molar-refractivity contribution in [3.8, 4) is 17.9 Å². The second-order valence-corrected chi connectivity index (χ2v) is 9.30. The molecule has 1 fully saturated rings. The molecule has 0 N–H and O–H groups in total. The summed E-state index contributed by atoms with van der Waals surface area (Å²) in [5.74, 6) is 4.26. The third-order valence-electron chi connectivity index (χ3n) is 7.01. The van der Waals surface area contributed by atoms with Gasteiger partial charge in [-0.2, -0.15) is 5.26 Å². The van der Waals surface area contributed by atoms with E-state index in [4.69, 9.17) is 5.26 Å². The number of hydrogen-bond acceptors (Lipinski definition) is 1. The minimum Gasteiger partial charge on any atom is -0.205 e. The lowest BCUT2D eigenvalue weighted by Crippen LogP contribution is -2.13. The summed E-state index contributed by atoms with van der Waals surface area (Å²) < 4.78 is 42.7. The molecule has 4 heteroatoms. The van der Waals surface area contributed by atoms with Crippen molar-refractivity contribution in [2.45, 2.75) is 64.2 Å². The molecule has 1 nitrogen and oxygen atoms in total. The highest BCUT2D eigenvalue weighted by molar-refractivity contribution is 5.85. The molecule has 0 aromatic heterocycles. The van der Waals surface area contributed by atoms with Gasteiger partial charge in [0.1, 0.15) is 29.1 Å². The number of fused-ring (bicyclic) bond motifs is 1. The van der Waals surface area contributed by atoms with Crippen molar-refractivity contribution in [3.05, 3.63) is 82.2 Å². The van der Waals surface area contributed by atoms with Crippen molar-refractivity contribution < 1.29 is 13.2 Å². The Morgan fingerprint density at radius 3 is 2.29 bits per heavy atom. The summed E-state index contributed by atoms with van der Waals surface area (Å²) in [7, 11) is 0. The van der Waals surface area contributed by atoms with E-state index in [-0.39, 0.29) is 11.1 Å². The van der Waals surface area contributed by atoms with E-state index in [2.05, 4.69) is 24.8 Å². The predicted molar refractivity (Wildman–Crippen MR) is 130 cm³/mol. The highest BCUT2D eigenvalue weighted by Crippen LogP contribution is 2.38. The summed E-state index contributed by atoms with van der Waals surface area (Å²) in [6.45, 7) is 2.24. The minimum absolute atomic E-state index is 0.0501. The number of benzene rings is 3. The van der Waals surface area contributed by atoms with Crippen LogP contribution in [-0.2, 0) is 0 Å². The molecular formula is C30H28F3N. The number of unbranched alkanes of at least 4 members (excludes halogenated alkanes) is 2. The van der Waals surface area contributed by atoms with Crippen molar-refractivity contribution in [1.82, 2.24) is 0 Å². The summed E-state index contributed by atoms with van der Waals surface area (Å²) in [6, 6.07) is 12.8. The van der Waals surface area contributed by atoms with Gasteiger partial charge in [-0.1, -0.05) is 68.7 Å². The first-order chi connectivity index (χ1) is 16.5. The van der Waals surface area contributed by atoms with Gasteiger partial charge in [-0.25, -0.2) is 13.2 Å². The maximum atomic E-state index is 15.1. The molecule has 3 aromatic carbocycles. The van der Waals surface area contributed by atoms with Crippen LogP contribution < -0.4 is 0 Å². The smallest absolute Gasteiger partial charge is 0.146 e. The molecule has 0 unspecified atom stereocenters. The van der Waals surface area contributed by atoms with E-state index in [1.54, 1.807) is 6.07 Å². The molecule has 0 saturated heterocycles. The van der Waals surface area contributed by atoms with Gasteiger partial charge in [0.05, 0.1) is 5.56 Å². The van der Waals surface area contributed by atoms with E-state index in [9.17, 15) is 8.78 Å². The highest BCUT2D eigenvalue weighted by atomic mass is 19.1. The molecule has 0 heterocycles. The molecular weight excluding hydrogens is 431 g/mol. The van der Waals surface area contributed by atoms with Crippen molar-refractivity contribution in [3.63, 3.8) is 0 Å². The SMILES string of the molecule is CCCCCC1CCC(c2ccc3c(F)c(C#Cc4cc(F)c(C#N)c(F)c4)ccc3c2)CC1. The van der Waals surface area contributed by atoms with Crippen LogP contribution >= 0.6 is 0 Å². The Labute approximate surface area is 199 Å². The van der Waals surface area contributed by atoms with Crippen LogP contribution in [-0.4, -0.2) is 0 Å². The minimum atomic E-state index is -0.978. The van der Waals surface area contributed by atoms with Gasteiger partial charge in [0.2, 0.25) is 0 Å². The fourth-order valence-corrected chi connectivity index (χ4v) is 5.02. The third kappa shape index (κ3) is 5.28. The summed E-state index contributed by atoms with van der Waals surface area (Å²) in [5, 5.41) is 10.1. The molecule has 0 aliphatic heterocycles. The van der Waals surface area contributed by atoms with Crippen LogP contribution in [0.5, 0.6) is 0 Å². The normalized spacial score (nSPS) is 17.7. The average molecular weight is 460 g/mol. The van der Waals surface area contributed by atoms with Gasteiger partial charge in [0.15, 0.2) is 0 Å². The van der Waals surface area contributed by atoms with Gasteiger partial charge >= 0.3 is 0 Å². The predicted octanol–water partition coefficient (Wildman–Crippen LogP) is 8.38. The van der Waals surface area contributed by atoms with Crippen LogP contribution in [0.3, 0.4) is 0 Å². The Hall–Kier alpha value is -3.24. The Morgan fingerprint density at radius 1 is 0.882 bits per heavy atom. The summed E-state index contributed by atoms with van der Waals surface area (Å²) in [5.41, 5.74) is 0.830. The quantitative estimate of drug-likeness (QED) is 0.278. The van der Waals surface area contributed by atoms with E-state index in [1.807, 2.05) is 18.2 Å². The van der Waals surface area contributed by atoms with Gasteiger partial charge < -0.3 is 0 Å². The molecule has 174 valence electrons. The Bertz CT molecular complexity index is 1260. The number of hydrogen-bond donors (Lipinski definition) is 0. The van der Waals surface area contributed by atoms with Crippen molar-refractivity contribution in [2.75, 3.05) is 0 Å². The highest BCUT2D eigenvalue weighted by Gasteiger charge is 2.22. The Kier molecular flexibility index (Phi) is 7.59. The average Bonchev–Trinajstić information content (AvgIpc) is 2.84. The van der Waals surface area contributed by atoms with Gasteiger partial charge in [0, 0.05) is 10.9 Å². The van der Waals surface area contributed by atoms with E-state index in [0.717, 1.165) is 23.4 Å². The van der Waals surface area contributed by atoms with Crippen molar-refractivity contribution >= 4 is 10.8 Å². The molecule has 0 spiro atoms. The number of nitrogens with zero attached hydrogens (tertiary/aromatic N) is 1. The second kappa shape index (κ2) is 10.8. The lowest BCUT2D eigenvalue weighted by atomic mass is 9.77. The first-order valence-corrected chi connectivity index (χ1v) is 12.1. The largest absolute Gasteiger partial charge is 0.205 e. The molecule has 0 amide bonds. The third-order valence-corrected chi connectivity index (χ3v) is 7.01. The molecule has 0 atom stereocenters. The zero-order valence-electron chi connectivity index (χ0n) is 19.4. The molecule has 3 aromatic rings. The zero-order chi connectivity index (χ0) is 24.1. The van der Waals surface area contributed by atoms with Crippen LogP contribution in [0.15, 0.2) is 42.5 Å². The van der Waals surface area contributed by atoms with Crippen LogP contribution in [0, 0.1) is 46.5 Å². The molecule has 34 heavy (non-hydrogen) atoms. The molecule has 4 rings (SSSR count). The molecule has 1 aliphatic carbocycles. The molecule has 1 saturated carbocycles. The summed E-state index contributed by atoms with van der Waals surface area (Å²) in [4.78, 5) is 0. The maximum absolute atomic E-state index is 15.1. The number of halogens is 3. The topological polar surface area (TPSA) is 23.8 Å². The first-order valence-electron chi connectivity index (χ1n) is 12.1. The second-order valence-electron chi connectivity index (χ2n) is 9.30. The fourth-order valence-electron chi connectivity index (χ4n) is 5.02. The van der Waals surface area contributed by atoms with Crippen molar-refractivity contribution in [1.29, 1.82) is 5.26 Å². The van der Waals surface area contributed by atoms with Gasteiger partial charge in [0.25, 0.3) is 0 Å². The van der Waals surface area contributed by atoms with Crippen molar-refractivity contribution in [2.24, 2.45) is 5.92 Å². The zero-order valence-corrected chi connectivity index (χ0v) is 19.4. The lowest BCUT2D eigenvalue weighted by molar-refractivity contribution is 0.303. The monoisotopic (exact) mass is 459 g/mol. The Balaban J connectivity index is 1.50. The van der Waals surface area contributed by atoms with Crippen LogP contribution in [0.4, 0.5) is 13.2 Å². The molecule has 1 aliphatic rings. The standard InChI is InChI=1S/C30H28F3N/c1-2-3-4-5-20-6-9-22(10-7-20)24-14-15-26-25(18-24)13-12-23(30(26)33)11-8-21-16-28(31)27(19-34)29(32)17-21/h12-18,20,22H,2-7,9-10H2,1H3. The first kappa shape index (κ1) is 23.9. The van der Waals surface area contributed by atoms with E-state index >= 15 is 4.39 Å². The van der Waals surface area contributed by atoms with E-state index in [0.29, 0.717) is 11.3 Å². The molecule has 0 radical (unpaired) electrons. The van der Waals surface area contributed by atoms with E-state index in [1.165, 1.54) is 63.0 Å². The van der Waals surface area contributed by atoms with Crippen LogP contribution in [0.1, 0.15) is 86.5 Å². The van der Waals surface area contributed by atoms with Crippen LogP contribution in [0.25, 0.3) is 10.8 Å². The van der Waals surface area contributed by atoms with Gasteiger partial charge in [-0.3, -0.25) is 0 Å². The summed E-state index contributed by atoms with van der Waals surface area (Å²) >= 11 is 0. The molecule has 0 bridgehead atoms. The van der Waals surface area contributed by atoms with Gasteiger partial charge in [-0.15, -0.1) is 0 Å². The van der Waals surface area contributed by atoms with E-state index < -0.39 is 23.0 Å². The number of nitriles is 1. The lowest BCUT2D eigenvalue weighted by Gasteiger charge is -2.29. The van der Waals surface area contributed by atoms with Crippen LogP contribution in [0.2, 0.25) is 0 Å². The summed E-state index contributed by atoms with van der Waals surface area (Å²) in [6.07, 6.45) is 10.2. The number of rotatable bonds is 5.